The minimum Gasteiger partial charge on any atom is -0.496 e. The third kappa shape index (κ3) is 5.14. The molecule has 32 heavy (non-hydrogen) atoms. The number of hydrogen-bond donors (Lipinski definition) is 3. The van der Waals surface area contributed by atoms with Gasteiger partial charge in [0.15, 0.2) is 0 Å². The van der Waals surface area contributed by atoms with E-state index in [1.54, 1.807) is 0 Å². The van der Waals surface area contributed by atoms with Crippen molar-refractivity contribution in [2.45, 2.75) is 25.3 Å². The number of aromatic nitrogens is 2. The van der Waals surface area contributed by atoms with Crippen molar-refractivity contribution in [2.24, 2.45) is 0 Å². The Morgan fingerprint density at radius 2 is 2.06 bits per heavy atom. The van der Waals surface area contributed by atoms with Crippen LogP contribution in [0.3, 0.4) is 0 Å². The summed E-state index contributed by atoms with van der Waals surface area (Å²) in [4.78, 5) is 21.2. The van der Waals surface area contributed by atoms with Gasteiger partial charge in [0, 0.05) is 12.8 Å². The Hall–Kier alpha value is -2.83. The van der Waals surface area contributed by atoms with E-state index in [4.69, 9.17) is 15.6 Å². The van der Waals surface area contributed by atoms with Gasteiger partial charge in [0.1, 0.15) is 17.4 Å². The summed E-state index contributed by atoms with van der Waals surface area (Å²) in [6, 6.07) is 3.12. The van der Waals surface area contributed by atoms with E-state index in [0.29, 0.717) is 25.9 Å². The molecule has 1 aliphatic rings. The fraction of sp³-hybridized carbons (Fsp3) is 0.450. The minimum absolute atomic E-state index is 0.0543. The first kappa shape index (κ1) is 23.8. The molecule has 2 heterocycles. The summed E-state index contributed by atoms with van der Waals surface area (Å²) in [5, 5.41) is 12.3. The van der Waals surface area contributed by atoms with Crippen LogP contribution in [0, 0.1) is 5.82 Å². The predicted molar refractivity (Wildman–Crippen MR) is 117 cm³/mol. The molecule has 0 atom stereocenters. The number of nitrogens with one attached hydrogen (secondary N) is 1. The highest BCUT2D eigenvalue weighted by molar-refractivity contribution is 7.92. The Morgan fingerprint density at radius 1 is 1.34 bits per heavy atom. The average molecular weight is 468 g/mol. The lowest BCUT2D eigenvalue weighted by Gasteiger charge is -2.33. The summed E-state index contributed by atoms with van der Waals surface area (Å²) in [6.45, 7) is 0.982. The summed E-state index contributed by atoms with van der Waals surface area (Å²) in [7, 11) is -2.50. The maximum Gasteiger partial charge on any atom is 0.241 e. The zero-order valence-corrected chi connectivity index (χ0v) is 18.4. The monoisotopic (exact) mass is 467 g/mol. The van der Waals surface area contributed by atoms with Crippen LogP contribution in [0.15, 0.2) is 24.4 Å². The Labute approximate surface area is 185 Å². The van der Waals surface area contributed by atoms with Crippen LogP contribution in [0.4, 0.5) is 16.2 Å². The Kier molecular flexibility index (Phi) is 7.59. The molecule has 1 saturated heterocycles. The summed E-state index contributed by atoms with van der Waals surface area (Å²) in [6.07, 6.45) is 2.29. The van der Waals surface area contributed by atoms with Gasteiger partial charge in [-0.25, -0.2) is 22.1 Å². The number of nitrogen functional groups attached to an aromatic ring is 1. The molecule has 0 aliphatic carbocycles. The van der Waals surface area contributed by atoms with Gasteiger partial charge < -0.3 is 20.9 Å². The summed E-state index contributed by atoms with van der Waals surface area (Å²) in [5.74, 6) is -1.78. The highest BCUT2D eigenvalue weighted by Crippen LogP contribution is 2.27. The summed E-state index contributed by atoms with van der Waals surface area (Å²) < 4.78 is 46.0. The third-order valence-electron chi connectivity index (χ3n) is 5.15. The standard InChI is InChI=1S/C20H26FN5O5S/c1-31-17-4-3-13(21)11-15(17)18(28)16-12-24-20(25-19(16)22)26(14-5-7-23-8-6-14)32(29,30)10-2-9-27/h3-4,11-12,14,23,27H,2,5-10H2,1H3,(H2,22,24,25). The van der Waals surface area contributed by atoms with Crippen molar-refractivity contribution in [1.29, 1.82) is 0 Å². The van der Waals surface area contributed by atoms with Crippen LogP contribution in [0.2, 0.25) is 0 Å². The molecular formula is C20H26FN5O5S. The van der Waals surface area contributed by atoms with E-state index in [0.717, 1.165) is 22.6 Å². The van der Waals surface area contributed by atoms with E-state index < -0.39 is 21.6 Å². The van der Waals surface area contributed by atoms with Crippen molar-refractivity contribution < 1.29 is 27.4 Å². The van der Waals surface area contributed by atoms with Gasteiger partial charge in [-0.15, -0.1) is 0 Å². The van der Waals surface area contributed by atoms with E-state index in [9.17, 15) is 17.6 Å². The quantitative estimate of drug-likeness (QED) is 0.453. The molecule has 4 N–H and O–H groups in total. The number of nitrogens with two attached hydrogens (primary N) is 1. The molecular weight excluding hydrogens is 441 g/mol. The molecule has 0 radical (unpaired) electrons. The van der Waals surface area contributed by atoms with E-state index in [1.807, 2.05) is 0 Å². The second-order valence-electron chi connectivity index (χ2n) is 7.31. The van der Waals surface area contributed by atoms with E-state index >= 15 is 0 Å². The molecule has 1 aliphatic heterocycles. The van der Waals surface area contributed by atoms with Crippen molar-refractivity contribution in [3.8, 4) is 5.75 Å². The normalized spacial score (nSPS) is 14.8. The largest absolute Gasteiger partial charge is 0.496 e. The number of nitrogens with zero attached hydrogens (tertiary/aromatic N) is 3. The fourth-order valence-electron chi connectivity index (χ4n) is 3.57. The van der Waals surface area contributed by atoms with Crippen molar-refractivity contribution in [2.75, 3.05) is 42.6 Å². The summed E-state index contributed by atoms with van der Waals surface area (Å²) >= 11 is 0. The number of halogens is 1. The number of piperidine rings is 1. The topological polar surface area (TPSA) is 148 Å². The van der Waals surface area contributed by atoms with E-state index in [-0.39, 0.29) is 53.5 Å². The number of aliphatic hydroxyl groups is 1. The van der Waals surface area contributed by atoms with Crippen LogP contribution >= 0.6 is 0 Å². The molecule has 12 heteroatoms. The highest BCUT2D eigenvalue weighted by Gasteiger charge is 2.33. The van der Waals surface area contributed by atoms with Crippen LogP contribution < -0.4 is 20.1 Å². The fourth-order valence-corrected chi connectivity index (χ4v) is 5.26. The van der Waals surface area contributed by atoms with Crippen LogP contribution in [-0.4, -0.2) is 67.9 Å². The van der Waals surface area contributed by atoms with E-state index in [2.05, 4.69) is 15.3 Å². The van der Waals surface area contributed by atoms with Gasteiger partial charge in [-0.1, -0.05) is 0 Å². The van der Waals surface area contributed by atoms with Gasteiger partial charge in [0.2, 0.25) is 21.8 Å². The van der Waals surface area contributed by atoms with Crippen LogP contribution in [-0.2, 0) is 10.0 Å². The van der Waals surface area contributed by atoms with Gasteiger partial charge in [-0.2, -0.15) is 4.98 Å². The number of aliphatic hydroxyl groups excluding tert-OH is 1. The third-order valence-corrected chi connectivity index (χ3v) is 7.02. The van der Waals surface area contributed by atoms with Crippen molar-refractivity contribution in [3.05, 3.63) is 41.3 Å². The minimum atomic E-state index is -3.85. The van der Waals surface area contributed by atoms with Crippen molar-refractivity contribution >= 4 is 27.6 Å². The van der Waals surface area contributed by atoms with Gasteiger partial charge in [0.05, 0.1) is 30.0 Å². The Balaban J connectivity index is 1.99. The second kappa shape index (κ2) is 10.2. The maximum absolute atomic E-state index is 13.7. The number of ketones is 1. The lowest BCUT2D eigenvalue weighted by atomic mass is 10.0. The van der Waals surface area contributed by atoms with Crippen LogP contribution in [0.5, 0.6) is 5.75 Å². The average Bonchev–Trinajstić information content (AvgIpc) is 2.78. The Morgan fingerprint density at radius 3 is 2.69 bits per heavy atom. The van der Waals surface area contributed by atoms with Gasteiger partial charge >= 0.3 is 0 Å². The number of carbonyl (C=O) groups excluding carboxylic acids is 1. The predicted octanol–water partition coefficient (Wildman–Crippen LogP) is 0.708. The number of anilines is 2. The molecule has 2 aromatic rings. The molecule has 0 bridgehead atoms. The number of benzene rings is 1. The van der Waals surface area contributed by atoms with Crippen LogP contribution in [0.1, 0.15) is 35.2 Å². The molecule has 0 unspecified atom stereocenters. The highest BCUT2D eigenvalue weighted by atomic mass is 32.2. The number of carbonyl (C=O) groups is 1. The molecule has 1 aromatic heterocycles. The number of rotatable bonds is 9. The molecule has 10 nitrogen and oxygen atoms in total. The molecule has 174 valence electrons. The zero-order chi connectivity index (χ0) is 23.3. The molecule has 1 fully saturated rings. The zero-order valence-electron chi connectivity index (χ0n) is 17.6. The first-order chi connectivity index (χ1) is 15.3. The molecule has 0 amide bonds. The molecule has 3 rings (SSSR count). The SMILES string of the molecule is COc1ccc(F)cc1C(=O)c1cnc(N(C2CCNCC2)S(=O)(=O)CCCO)nc1N. The van der Waals surface area contributed by atoms with Gasteiger partial charge in [0.25, 0.3) is 0 Å². The summed E-state index contributed by atoms with van der Waals surface area (Å²) in [5.41, 5.74) is 5.86. The van der Waals surface area contributed by atoms with Gasteiger partial charge in [-0.05, 0) is 50.6 Å². The first-order valence-electron chi connectivity index (χ1n) is 10.1. The van der Waals surface area contributed by atoms with Crippen molar-refractivity contribution in [3.63, 3.8) is 0 Å². The first-order valence-corrected chi connectivity index (χ1v) is 11.7. The molecule has 0 saturated carbocycles. The number of sulfonamides is 1. The maximum atomic E-state index is 13.7. The Bertz CT molecular complexity index is 1080. The lowest BCUT2D eigenvalue weighted by Crippen LogP contribution is -2.48. The lowest BCUT2D eigenvalue weighted by molar-refractivity contribution is 0.103. The molecule has 1 aromatic carbocycles. The van der Waals surface area contributed by atoms with Crippen LogP contribution in [0.25, 0.3) is 0 Å². The molecule has 0 spiro atoms. The van der Waals surface area contributed by atoms with Crippen molar-refractivity contribution in [1.82, 2.24) is 15.3 Å². The smallest absolute Gasteiger partial charge is 0.241 e. The van der Waals surface area contributed by atoms with E-state index in [1.165, 1.54) is 13.2 Å². The number of hydrogen-bond acceptors (Lipinski definition) is 9. The second-order valence-corrected chi connectivity index (χ2v) is 9.28. The number of ether oxygens (including phenoxy) is 1. The van der Waals surface area contributed by atoms with Gasteiger partial charge in [-0.3, -0.25) is 4.79 Å². The number of methoxy groups -OCH3 is 1.